The van der Waals surface area contributed by atoms with Crippen molar-refractivity contribution in [3.63, 3.8) is 0 Å². The van der Waals surface area contributed by atoms with Crippen molar-refractivity contribution in [2.75, 3.05) is 12.0 Å². The number of benzene rings is 3. The number of nitriles is 1. The van der Waals surface area contributed by atoms with E-state index in [0.29, 0.717) is 22.5 Å². The van der Waals surface area contributed by atoms with Crippen LogP contribution in [0.3, 0.4) is 0 Å². The number of anilines is 1. The Hall–Kier alpha value is -4.64. The maximum absolute atomic E-state index is 12.6. The lowest BCUT2D eigenvalue weighted by molar-refractivity contribution is -0.138. The van der Waals surface area contributed by atoms with Gasteiger partial charge in [0.25, 0.3) is 0 Å². The number of hydrogen-bond acceptors (Lipinski definition) is 5. The first-order valence-electron chi connectivity index (χ1n) is 12.1. The molecule has 2 atom stereocenters. The number of carbonyl (C=O) groups excluding carboxylic acids is 1. The van der Waals surface area contributed by atoms with Crippen LogP contribution in [0.25, 0.3) is 16.7 Å². The van der Waals surface area contributed by atoms with Crippen molar-refractivity contribution in [3.8, 4) is 11.8 Å². The molecule has 5 rings (SSSR count). The highest BCUT2D eigenvalue weighted by Gasteiger charge is 2.32. The molecule has 0 bridgehead atoms. The number of aryl methyl sites for hydroxylation is 1. The zero-order valence-electron chi connectivity index (χ0n) is 20.6. The summed E-state index contributed by atoms with van der Waals surface area (Å²) in [6.45, 7) is 1.98. The number of nitrogens with zero attached hydrogens (tertiary/aromatic N) is 4. The van der Waals surface area contributed by atoms with Crippen LogP contribution < -0.4 is 4.90 Å². The molecule has 0 spiro atoms. The van der Waals surface area contributed by atoms with Crippen molar-refractivity contribution in [1.29, 1.82) is 5.26 Å². The monoisotopic (exact) mass is 494 g/mol. The lowest BCUT2D eigenvalue weighted by Gasteiger charge is -2.34. The summed E-state index contributed by atoms with van der Waals surface area (Å²) in [7, 11) is 1.37. The van der Waals surface area contributed by atoms with Gasteiger partial charge < -0.3 is 9.84 Å². The summed E-state index contributed by atoms with van der Waals surface area (Å²) in [5, 5.41) is 19.6. The topological polar surface area (TPSA) is 108 Å². The third-order valence-corrected chi connectivity index (χ3v) is 6.98. The molecule has 0 saturated heterocycles. The molecule has 0 saturated carbocycles. The van der Waals surface area contributed by atoms with Crippen LogP contribution in [0.15, 0.2) is 66.7 Å². The third-order valence-electron chi connectivity index (χ3n) is 6.98. The number of carbonyl (C=O) groups is 2. The molecular formula is C29H26N4O4. The van der Waals surface area contributed by atoms with Crippen molar-refractivity contribution in [2.24, 2.45) is 0 Å². The highest BCUT2D eigenvalue weighted by Crippen LogP contribution is 2.38. The Balaban J connectivity index is 1.73. The molecule has 0 aliphatic carbocycles. The van der Waals surface area contributed by atoms with Gasteiger partial charge in [-0.15, -0.1) is 0 Å². The summed E-state index contributed by atoms with van der Waals surface area (Å²) in [5.74, 6) is -1.18. The number of aliphatic carboxylic acids is 1. The second-order valence-corrected chi connectivity index (χ2v) is 9.19. The highest BCUT2D eigenvalue weighted by atomic mass is 16.5. The molecule has 4 aromatic rings. The molecule has 1 aliphatic heterocycles. The van der Waals surface area contributed by atoms with Crippen LogP contribution in [0.2, 0.25) is 0 Å². The van der Waals surface area contributed by atoms with E-state index in [4.69, 9.17) is 9.72 Å². The van der Waals surface area contributed by atoms with Gasteiger partial charge in [0, 0.05) is 23.7 Å². The number of ether oxygens (including phenoxy) is 1. The molecule has 1 aromatic heterocycles. The van der Waals surface area contributed by atoms with Crippen molar-refractivity contribution in [2.45, 2.75) is 38.1 Å². The van der Waals surface area contributed by atoms with Crippen LogP contribution in [-0.4, -0.2) is 39.9 Å². The summed E-state index contributed by atoms with van der Waals surface area (Å²) < 4.78 is 6.97. The average Bonchev–Trinajstić information content (AvgIpc) is 3.30. The summed E-state index contributed by atoms with van der Waals surface area (Å²) >= 11 is 0. The highest BCUT2D eigenvalue weighted by molar-refractivity contribution is 5.96. The van der Waals surface area contributed by atoms with Crippen LogP contribution in [0.1, 0.15) is 41.8 Å². The van der Waals surface area contributed by atoms with E-state index in [1.165, 1.54) is 7.11 Å². The first kappa shape index (κ1) is 24.1. The van der Waals surface area contributed by atoms with Crippen molar-refractivity contribution in [3.05, 3.63) is 89.2 Å². The number of hydrogen-bond donors (Lipinski definition) is 1. The molecule has 1 N–H and O–H groups in total. The Morgan fingerprint density at radius 1 is 1.16 bits per heavy atom. The van der Waals surface area contributed by atoms with Gasteiger partial charge in [-0.1, -0.05) is 36.4 Å². The van der Waals surface area contributed by atoms with Crippen LogP contribution in [0.4, 0.5) is 10.5 Å². The van der Waals surface area contributed by atoms with E-state index in [9.17, 15) is 20.0 Å². The third kappa shape index (κ3) is 4.29. The van der Waals surface area contributed by atoms with Crippen LogP contribution in [0.5, 0.6) is 0 Å². The number of imidazole rings is 1. The lowest BCUT2D eigenvalue weighted by atomic mass is 9.95. The molecule has 1 aliphatic rings. The van der Waals surface area contributed by atoms with Crippen molar-refractivity contribution >= 4 is 28.8 Å². The molecule has 1 amide bonds. The average molecular weight is 495 g/mol. The Morgan fingerprint density at radius 3 is 2.65 bits per heavy atom. The standard InChI is InChI=1S/C29H26N4O4/c1-18-11-12-22-24(32(18)29(36)37-2)13-14-25-27(22)31-26(33(25)21-10-6-7-19(15-21)17-30)16-23(28(34)35)20-8-4-3-5-9-20/h3-10,13-15,18,23H,11-12,16H2,1-2H3,(H,34,35)/t18-,23-/m0/s1. The maximum Gasteiger partial charge on any atom is 0.414 e. The molecule has 2 heterocycles. The summed E-state index contributed by atoms with van der Waals surface area (Å²) in [6.07, 6.45) is 1.19. The van der Waals surface area contributed by atoms with Gasteiger partial charge in [0.15, 0.2) is 0 Å². The molecule has 37 heavy (non-hydrogen) atoms. The Labute approximate surface area is 214 Å². The molecule has 8 nitrogen and oxygen atoms in total. The quantitative estimate of drug-likeness (QED) is 0.408. The second kappa shape index (κ2) is 9.78. The van der Waals surface area contributed by atoms with Gasteiger partial charge in [0.2, 0.25) is 0 Å². The molecule has 8 heteroatoms. The predicted octanol–water partition coefficient (Wildman–Crippen LogP) is 5.22. The van der Waals surface area contributed by atoms with E-state index < -0.39 is 18.0 Å². The number of carboxylic acid groups (broad SMARTS) is 1. The lowest BCUT2D eigenvalue weighted by Crippen LogP contribution is -2.42. The fourth-order valence-corrected chi connectivity index (χ4v) is 5.16. The van der Waals surface area contributed by atoms with E-state index in [2.05, 4.69) is 6.07 Å². The first-order chi connectivity index (χ1) is 17.9. The number of rotatable bonds is 5. The summed E-state index contributed by atoms with van der Waals surface area (Å²) in [6, 6.07) is 22.2. The second-order valence-electron chi connectivity index (χ2n) is 9.19. The van der Waals surface area contributed by atoms with Crippen LogP contribution in [0, 0.1) is 11.3 Å². The van der Waals surface area contributed by atoms with Crippen LogP contribution >= 0.6 is 0 Å². The Morgan fingerprint density at radius 2 is 1.95 bits per heavy atom. The fourth-order valence-electron chi connectivity index (χ4n) is 5.16. The van der Waals surface area contributed by atoms with Gasteiger partial charge in [0.1, 0.15) is 5.82 Å². The number of amides is 1. The minimum atomic E-state index is -0.941. The fraction of sp³-hybridized carbons (Fsp3) is 0.241. The first-order valence-corrected chi connectivity index (χ1v) is 12.1. The zero-order valence-corrected chi connectivity index (χ0v) is 20.6. The van der Waals surface area contributed by atoms with Gasteiger partial charge in [0.05, 0.1) is 41.4 Å². The van der Waals surface area contributed by atoms with E-state index >= 15 is 0 Å². The molecule has 0 fully saturated rings. The largest absolute Gasteiger partial charge is 0.481 e. The maximum atomic E-state index is 12.6. The predicted molar refractivity (Wildman–Crippen MR) is 139 cm³/mol. The number of fused-ring (bicyclic) bond motifs is 3. The van der Waals surface area contributed by atoms with Gasteiger partial charge in [-0.25, -0.2) is 9.78 Å². The van der Waals surface area contributed by atoms with E-state index in [0.717, 1.165) is 35.3 Å². The zero-order chi connectivity index (χ0) is 26.1. The minimum Gasteiger partial charge on any atom is -0.481 e. The van der Waals surface area contributed by atoms with Crippen molar-refractivity contribution < 1.29 is 19.4 Å². The molecular weight excluding hydrogens is 468 g/mol. The number of carboxylic acids is 1. The molecule has 0 unspecified atom stereocenters. The Bertz CT molecular complexity index is 1540. The van der Waals surface area contributed by atoms with Crippen LogP contribution in [-0.2, 0) is 22.4 Å². The number of methoxy groups -OCH3 is 1. The van der Waals surface area contributed by atoms with Gasteiger partial charge in [-0.2, -0.15) is 5.26 Å². The normalized spacial score (nSPS) is 15.6. The Kier molecular flexibility index (Phi) is 6.36. The summed E-state index contributed by atoms with van der Waals surface area (Å²) in [4.78, 5) is 31.6. The van der Waals surface area contributed by atoms with Crippen molar-refractivity contribution in [1.82, 2.24) is 9.55 Å². The SMILES string of the molecule is COC(=O)N1c2ccc3c(nc(C[C@H](C(=O)O)c4ccccc4)n3-c3cccc(C#N)c3)c2CC[C@@H]1C. The number of aromatic nitrogens is 2. The molecule has 3 aromatic carbocycles. The van der Waals surface area contributed by atoms with Gasteiger partial charge >= 0.3 is 12.1 Å². The summed E-state index contributed by atoms with van der Waals surface area (Å²) in [5.41, 5.74) is 5.08. The van der Waals surface area contributed by atoms with E-state index in [-0.39, 0.29) is 12.5 Å². The van der Waals surface area contributed by atoms with Gasteiger partial charge in [-0.3, -0.25) is 14.3 Å². The minimum absolute atomic E-state index is 0.0271. The van der Waals surface area contributed by atoms with Gasteiger partial charge in [-0.05, 0) is 55.7 Å². The molecule has 186 valence electrons. The smallest absolute Gasteiger partial charge is 0.414 e. The van der Waals surface area contributed by atoms with E-state index in [1.807, 2.05) is 47.9 Å². The molecule has 0 radical (unpaired) electrons. The van der Waals surface area contributed by atoms with E-state index in [1.54, 1.807) is 35.2 Å².